The maximum absolute atomic E-state index is 11.2. The Bertz CT molecular complexity index is 721. The second-order valence-corrected chi connectivity index (χ2v) is 6.17. The molecule has 0 amide bonds. The minimum Gasteiger partial charge on any atom is -0.480 e. The number of ether oxygens (including phenoxy) is 1. The molecule has 0 spiro atoms. The fraction of sp³-hybridized carbons (Fsp3) is 0.429. The van der Waals surface area contributed by atoms with Gasteiger partial charge in [0.25, 0.3) is 0 Å². The fourth-order valence-electron chi connectivity index (χ4n) is 2.77. The lowest BCUT2D eigenvalue weighted by molar-refractivity contribution is -0.137. The summed E-state index contributed by atoms with van der Waals surface area (Å²) < 4.78 is 7.44. The molecule has 1 aromatic carbocycles. The first-order valence-corrected chi connectivity index (χ1v) is 7.38. The number of carboxylic acids is 1. The van der Waals surface area contributed by atoms with Crippen molar-refractivity contribution in [3.05, 3.63) is 28.0 Å². The molecular formula is C14H14Cl2N2O3. The van der Waals surface area contributed by atoms with Gasteiger partial charge < -0.3 is 14.4 Å². The molecule has 5 nitrogen and oxygen atoms in total. The number of aliphatic carboxylic acids is 1. The summed E-state index contributed by atoms with van der Waals surface area (Å²) in [6.07, 6.45) is 1.73. The molecule has 1 N–H and O–H groups in total. The number of hydrogen-bond acceptors (Lipinski definition) is 3. The normalized spacial score (nSPS) is 22.0. The van der Waals surface area contributed by atoms with Gasteiger partial charge in [0.05, 0.1) is 21.1 Å². The molecule has 1 fully saturated rings. The van der Waals surface area contributed by atoms with Crippen molar-refractivity contribution < 1.29 is 14.6 Å². The molecule has 112 valence electrons. The first-order valence-electron chi connectivity index (χ1n) is 6.62. The van der Waals surface area contributed by atoms with Crippen LogP contribution in [0.25, 0.3) is 11.0 Å². The number of fused-ring (bicyclic) bond motifs is 1. The van der Waals surface area contributed by atoms with Crippen molar-refractivity contribution in [1.29, 1.82) is 0 Å². The van der Waals surface area contributed by atoms with Crippen molar-refractivity contribution >= 4 is 40.2 Å². The first kappa shape index (κ1) is 14.6. The van der Waals surface area contributed by atoms with Crippen LogP contribution in [0.4, 0.5) is 0 Å². The Morgan fingerprint density at radius 1 is 1.48 bits per heavy atom. The Kier molecular flexibility index (Phi) is 3.59. The Labute approximate surface area is 131 Å². The molecule has 1 aromatic heterocycles. The summed E-state index contributed by atoms with van der Waals surface area (Å²) in [5.41, 5.74) is 0.698. The SMILES string of the molecule is CC1(c2nc3cc(Cl)c(Cl)cc3n2CC(=O)O)CCCO1. The van der Waals surface area contributed by atoms with Crippen molar-refractivity contribution in [2.45, 2.75) is 31.9 Å². The third-order valence-electron chi connectivity index (χ3n) is 3.78. The quantitative estimate of drug-likeness (QED) is 0.937. The Balaban J connectivity index is 2.24. The molecule has 0 saturated carbocycles. The van der Waals surface area contributed by atoms with Gasteiger partial charge >= 0.3 is 5.97 Å². The van der Waals surface area contributed by atoms with E-state index in [2.05, 4.69) is 4.98 Å². The van der Waals surface area contributed by atoms with Crippen LogP contribution in [0.5, 0.6) is 0 Å². The van der Waals surface area contributed by atoms with Gasteiger partial charge in [-0.2, -0.15) is 0 Å². The summed E-state index contributed by atoms with van der Waals surface area (Å²) in [5.74, 6) is -0.334. The van der Waals surface area contributed by atoms with Crippen LogP contribution in [-0.2, 0) is 21.7 Å². The lowest BCUT2D eigenvalue weighted by Gasteiger charge is -2.23. The Morgan fingerprint density at radius 3 is 2.81 bits per heavy atom. The van der Waals surface area contributed by atoms with E-state index >= 15 is 0 Å². The van der Waals surface area contributed by atoms with Crippen molar-refractivity contribution in [3.63, 3.8) is 0 Å². The van der Waals surface area contributed by atoms with Crippen LogP contribution in [-0.4, -0.2) is 27.2 Å². The maximum atomic E-state index is 11.2. The van der Waals surface area contributed by atoms with Gasteiger partial charge in [-0.1, -0.05) is 23.2 Å². The van der Waals surface area contributed by atoms with Gasteiger partial charge in [-0.15, -0.1) is 0 Å². The van der Waals surface area contributed by atoms with Crippen LogP contribution >= 0.6 is 23.2 Å². The molecule has 0 bridgehead atoms. The maximum Gasteiger partial charge on any atom is 0.323 e. The zero-order valence-electron chi connectivity index (χ0n) is 11.4. The monoisotopic (exact) mass is 328 g/mol. The number of carbonyl (C=O) groups is 1. The van der Waals surface area contributed by atoms with E-state index in [1.165, 1.54) is 0 Å². The number of halogens is 2. The van der Waals surface area contributed by atoms with E-state index in [0.717, 1.165) is 12.8 Å². The van der Waals surface area contributed by atoms with E-state index in [9.17, 15) is 9.90 Å². The number of hydrogen-bond donors (Lipinski definition) is 1. The summed E-state index contributed by atoms with van der Waals surface area (Å²) in [5, 5.41) is 9.94. The summed E-state index contributed by atoms with van der Waals surface area (Å²) >= 11 is 12.1. The van der Waals surface area contributed by atoms with Crippen molar-refractivity contribution in [3.8, 4) is 0 Å². The predicted molar refractivity (Wildman–Crippen MR) is 79.9 cm³/mol. The summed E-state index contributed by atoms with van der Waals surface area (Å²) in [7, 11) is 0. The van der Waals surface area contributed by atoms with Crippen LogP contribution in [0, 0.1) is 0 Å². The van der Waals surface area contributed by atoms with Crippen molar-refractivity contribution in [1.82, 2.24) is 9.55 Å². The number of rotatable bonds is 3. The lowest BCUT2D eigenvalue weighted by Crippen LogP contribution is -2.27. The topological polar surface area (TPSA) is 64.4 Å². The van der Waals surface area contributed by atoms with Gasteiger partial charge in [0.2, 0.25) is 0 Å². The van der Waals surface area contributed by atoms with Crippen LogP contribution in [0.1, 0.15) is 25.6 Å². The van der Waals surface area contributed by atoms with Crippen LogP contribution in [0.15, 0.2) is 12.1 Å². The number of benzene rings is 1. The summed E-state index contributed by atoms with van der Waals surface area (Å²) in [6, 6.07) is 3.30. The van der Waals surface area contributed by atoms with E-state index in [1.54, 1.807) is 16.7 Å². The molecule has 2 heterocycles. The molecule has 21 heavy (non-hydrogen) atoms. The van der Waals surface area contributed by atoms with Gasteiger partial charge in [0.15, 0.2) is 0 Å². The van der Waals surface area contributed by atoms with E-state index in [4.69, 9.17) is 27.9 Å². The van der Waals surface area contributed by atoms with E-state index in [-0.39, 0.29) is 6.54 Å². The van der Waals surface area contributed by atoms with Crippen molar-refractivity contribution in [2.24, 2.45) is 0 Å². The minimum atomic E-state index is -0.941. The molecule has 1 unspecified atom stereocenters. The van der Waals surface area contributed by atoms with Crippen LogP contribution in [0.2, 0.25) is 10.0 Å². The van der Waals surface area contributed by atoms with Gasteiger partial charge in [-0.05, 0) is 31.9 Å². The summed E-state index contributed by atoms with van der Waals surface area (Å²) in [4.78, 5) is 15.7. The smallest absolute Gasteiger partial charge is 0.323 e. The van der Waals surface area contributed by atoms with Crippen LogP contribution < -0.4 is 0 Å². The Hall–Kier alpha value is -1.30. The highest BCUT2D eigenvalue weighted by Gasteiger charge is 2.37. The van der Waals surface area contributed by atoms with Crippen LogP contribution in [0.3, 0.4) is 0 Å². The van der Waals surface area contributed by atoms with Crippen molar-refractivity contribution in [2.75, 3.05) is 6.61 Å². The molecule has 1 atom stereocenters. The second kappa shape index (κ2) is 5.16. The number of imidazole rings is 1. The third kappa shape index (κ3) is 2.50. The zero-order valence-corrected chi connectivity index (χ0v) is 12.9. The average molecular weight is 329 g/mol. The highest BCUT2D eigenvalue weighted by atomic mass is 35.5. The van der Waals surface area contributed by atoms with E-state index < -0.39 is 11.6 Å². The second-order valence-electron chi connectivity index (χ2n) is 5.35. The zero-order chi connectivity index (χ0) is 15.2. The molecular weight excluding hydrogens is 315 g/mol. The van der Waals surface area contributed by atoms with Gasteiger partial charge in [0.1, 0.15) is 18.0 Å². The van der Waals surface area contributed by atoms with E-state index in [1.807, 2.05) is 6.92 Å². The fourth-order valence-corrected chi connectivity index (χ4v) is 3.09. The molecule has 0 aliphatic carbocycles. The highest BCUT2D eigenvalue weighted by molar-refractivity contribution is 6.42. The third-order valence-corrected chi connectivity index (χ3v) is 4.50. The Morgan fingerprint density at radius 2 is 2.19 bits per heavy atom. The molecule has 7 heteroatoms. The number of carboxylic acid groups (broad SMARTS) is 1. The summed E-state index contributed by atoms with van der Waals surface area (Å²) in [6.45, 7) is 2.39. The van der Waals surface area contributed by atoms with Gasteiger partial charge in [-0.3, -0.25) is 4.79 Å². The molecule has 0 radical (unpaired) electrons. The first-order chi connectivity index (χ1) is 9.90. The molecule has 1 aliphatic heterocycles. The largest absolute Gasteiger partial charge is 0.480 e. The minimum absolute atomic E-state index is 0.192. The number of aromatic nitrogens is 2. The highest BCUT2D eigenvalue weighted by Crippen LogP contribution is 2.38. The molecule has 3 rings (SSSR count). The molecule has 2 aromatic rings. The average Bonchev–Trinajstić information content (AvgIpc) is 2.97. The molecule has 1 saturated heterocycles. The predicted octanol–water partition coefficient (Wildman–Crippen LogP) is 3.45. The lowest BCUT2D eigenvalue weighted by atomic mass is 10.0. The van der Waals surface area contributed by atoms with Gasteiger partial charge in [0, 0.05) is 6.61 Å². The molecule has 1 aliphatic rings. The standard InChI is InChI=1S/C14H14Cl2N2O3/c1-14(3-2-4-21-14)13-17-10-5-8(15)9(16)6-11(10)18(13)7-12(19)20/h5-6H,2-4,7H2,1H3,(H,19,20). The van der Waals surface area contributed by atoms with E-state index in [0.29, 0.717) is 33.5 Å². The number of nitrogens with zero attached hydrogens (tertiary/aromatic N) is 2. The van der Waals surface area contributed by atoms with Gasteiger partial charge in [-0.25, -0.2) is 4.98 Å².